The Balaban J connectivity index is 0.000000330. The van der Waals surface area contributed by atoms with E-state index in [1.165, 1.54) is 21.9 Å². The molecule has 5 rings (SSSR count). The van der Waals surface area contributed by atoms with Crippen molar-refractivity contribution in [2.45, 2.75) is 6.42 Å². The molecule has 0 aromatic heterocycles. The standard InChI is InChI=1S/C24H20B.C7H8.Rh/c1-5-13-21(14-6-1)25(22-15-7-2-8-16-22,23-17-9-3-10-18-23)24-19-11-4-12-20-24;1-2-4-6-7-5-3-1;/h1-20H;1-6H,7H2;/q-1;;. The predicted octanol–water partition coefficient (Wildman–Crippen LogP) is 5.12. The second-order valence-electron chi connectivity index (χ2n) is 7.99. The van der Waals surface area contributed by atoms with Gasteiger partial charge in [0.25, 0.3) is 0 Å². The first kappa shape index (κ1) is 24.4. The van der Waals surface area contributed by atoms with E-state index in [0.29, 0.717) is 0 Å². The van der Waals surface area contributed by atoms with E-state index in [-0.39, 0.29) is 19.5 Å². The van der Waals surface area contributed by atoms with Crippen LogP contribution in [0, 0.1) is 0 Å². The Morgan fingerprint density at radius 2 is 0.636 bits per heavy atom. The SMILES string of the molecule is C1=CC=CCC=C1.[Rh].c1ccc([B-](c2ccccc2)(c2ccccc2)c2ccccc2)cc1. The van der Waals surface area contributed by atoms with Crippen molar-refractivity contribution in [3.63, 3.8) is 0 Å². The van der Waals surface area contributed by atoms with Gasteiger partial charge in [-0.1, -0.05) is 158 Å². The van der Waals surface area contributed by atoms with Crippen LogP contribution in [0.3, 0.4) is 0 Å². The van der Waals surface area contributed by atoms with Crippen molar-refractivity contribution in [1.29, 1.82) is 0 Å². The minimum absolute atomic E-state index is 0. The molecule has 0 saturated carbocycles. The molecule has 0 aliphatic heterocycles. The van der Waals surface area contributed by atoms with Gasteiger partial charge in [-0.2, -0.15) is 21.9 Å². The van der Waals surface area contributed by atoms with E-state index >= 15 is 0 Å². The second-order valence-corrected chi connectivity index (χ2v) is 7.99. The fourth-order valence-corrected chi connectivity index (χ4v) is 4.64. The van der Waals surface area contributed by atoms with E-state index in [4.69, 9.17) is 0 Å². The molecule has 4 aromatic carbocycles. The van der Waals surface area contributed by atoms with Crippen LogP contribution in [0.4, 0.5) is 0 Å². The Morgan fingerprint density at radius 1 is 0.364 bits per heavy atom. The Labute approximate surface area is 211 Å². The number of allylic oxidation sites excluding steroid dienone is 6. The van der Waals surface area contributed by atoms with Crippen LogP contribution in [0.2, 0.25) is 0 Å². The van der Waals surface area contributed by atoms with Crippen LogP contribution in [-0.2, 0) is 19.5 Å². The fourth-order valence-electron chi connectivity index (χ4n) is 4.64. The maximum atomic E-state index is 2.26. The van der Waals surface area contributed by atoms with Crippen LogP contribution in [0.15, 0.2) is 158 Å². The number of hydrogen-bond acceptors (Lipinski definition) is 0. The zero-order valence-electron chi connectivity index (χ0n) is 18.6. The molecule has 0 nitrogen and oxygen atoms in total. The smallest absolute Gasteiger partial charge is 0.108 e. The van der Waals surface area contributed by atoms with Crippen molar-refractivity contribution in [1.82, 2.24) is 0 Å². The quantitative estimate of drug-likeness (QED) is 0.332. The van der Waals surface area contributed by atoms with Gasteiger partial charge in [0.05, 0.1) is 0 Å². The summed E-state index contributed by atoms with van der Waals surface area (Å²) in [6.07, 6.45) is 12.3. The van der Waals surface area contributed by atoms with Gasteiger partial charge in [-0.05, 0) is 6.42 Å². The molecule has 0 unspecified atom stereocenters. The summed E-state index contributed by atoms with van der Waals surface area (Å²) >= 11 is 0. The van der Waals surface area contributed by atoms with Crippen molar-refractivity contribution in [3.8, 4) is 0 Å². The summed E-state index contributed by atoms with van der Waals surface area (Å²) in [5.41, 5.74) is 5.36. The molecule has 0 fully saturated rings. The minimum atomic E-state index is -1.22. The molecular formula is C31H28BRh-. The monoisotopic (exact) mass is 514 g/mol. The Morgan fingerprint density at radius 3 is 0.909 bits per heavy atom. The summed E-state index contributed by atoms with van der Waals surface area (Å²) in [6.45, 7) is 0. The van der Waals surface area contributed by atoms with Crippen molar-refractivity contribution in [2.24, 2.45) is 0 Å². The van der Waals surface area contributed by atoms with E-state index in [1.807, 2.05) is 12.2 Å². The molecule has 0 amide bonds. The van der Waals surface area contributed by atoms with Crippen molar-refractivity contribution in [2.75, 3.05) is 0 Å². The molecule has 0 atom stereocenters. The Bertz CT molecular complexity index is 987. The minimum Gasteiger partial charge on any atom is -0.195 e. The fraction of sp³-hybridized carbons (Fsp3) is 0.0323. The van der Waals surface area contributed by atoms with E-state index in [2.05, 4.69) is 146 Å². The first-order chi connectivity index (χ1) is 15.9. The second kappa shape index (κ2) is 12.7. The number of benzene rings is 4. The van der Waals surface area contributed by atoms with Gasteiger partial charge in [-0.15, -0.1) is 0 Å². The summed E-state index contributed by atoms with van der Waals surface area (Å²) in [5, 5.41) is 0. The first-order valence-corrected chi connectivity index (χ1v) is 11.3. The first-order valence-electron chi connectivity index (χ1n) is 11.3. The number of rotatable bonds is 4. The van der Waals surface area contributed by atoms with Gasteiger partial charge in [0.15, 0.2) is 0 Å². The predicted molar refractivity (Wildman–Crippen MR) is 142 cm³/mol. The van der Waals surface area contributed by atoms with Crippen molar-refractivity contribution in [3.05, 3.63) is 158 Å². The van der Waals surface area contributed by atoms with Crippen LogP contribution < -0.4 is 21.9 Å². The maximum Gasteiger partial charge on any atom is 0.108 e. The molecule has 4 aromatic rings. The van der Waals surface area contributed by atoms with Crippen LogP contribution >= 0.6 is 0 Å². The van der Waals surface area contributed by atoms with Gasteiger partial charge in [-0.3, -0.25) is 0 Å². The molecule has 0 bridgehead atoms. The van der Waals surface area contributed by atoms with Crippen molar-refractivity contribution >= 4 is 28.0 Å². The Kier molecular flexibility index (Phi) is 9.42. The van der Waals surface area contributed by atoms with Crippen LogP contribution in [0.1, 0.15) is 6.42 Å². The van der Waals surface area contributed by atoms with E-state index in [9.17, 15) is 0 Å². The van der Waals surface area contributed by atoms with Crippen LogP contribution in [-0.4, -0.2) is 6.15 Å². The van der Waals surface area contributed by atoms with E-state index in [1.54, 1.807) is 0 Å². The molecule has 33 heavy (non-hydrogen) atoms. The molecule has 1 aliphatic rings. The van der Waals surface area contributed by atoms with Gasteiger partial charge in [0.2, 0.25) is 0 Å². The van der Waals surface area contributed by atoms with Gasteiger partial charge < -0.3 is 0 Å². The van der Waals surface area contributed by atoms with Crippen LogP contribution in [0.25, 0.3) is 0 Å². The maximum absolute atomic E-state index is 2.26. The van der Waals surface area contributed by atoms with Gasteiger partial charge >= 0.3 is 0 Å². The average Bonchev–Trinajstić information content (AvgIpc) is 3.21. The molecule has 0 saturated heterocycles. The van der Waals surface area contributed by atoms with Crippen LogP contribution in [0.5, 0.6) is 0 Å². The molecule has 2 heteroatoms. The summed E-state index contributed by atoms with van der Waals surface area (Å²) in [6, 6.07) is 43.5. The van der Waals surface area contributed by atoms with Gasteiger partial charge in [-0.25, -0.2) is 0 Å². The van der Waals surface area contributed by atoms with E-state index in [0.717, 1.165) is 6.42 Å². The van der Waals surface area contributed by atoms with Gasteiger partial charge in [0.1, 0.15) is 6.15 Å². The molecule has 0 spiro atoms. The molecule has 1 radical (unpaired) electrons. The van der Waals surface area contributed by atoms with E-state index < -0.39 is 6.15 Å². The number of hydrogen-bond donors (Lipinski definition) is 0. The summed E-state index contributed by atoms with van der Waals surface area (Å²) in [7, 11) is 0. The molecular weight excluding hydrogens is 486 g/mol. The largest absolute Gasteiger partial charge is 0.195 e. The van der Waals surface area contributed by atoms with Crippen molar-refractivity contribution < 1.29 is 19.5 Å². The van der Waals surface area contributed by atoms with Gasteiger partial charge in [0, 0.05) is 19.5 Å². The molecule has 0 heterocycles. The Hall–Kier alpha value is -3.21. The molecule has 1 aliphatic carbocycles. The zero-order valence-corrected chi connectivity index (χ0v) is 20.3. The third-order valence-corrected chi connectivity index (χ3v) is 6.08. The third-order valence-electron chi connectivity index (χ3n) is 6.08. The molecule has 165 valence electrons. The summed E-state index contributed by atoms with van der Waals surface area (Å²) in [5.74, 6) is 0. The topological polar surface area (TPSA) is 0 Å². The third kappa shape index (κ3) is 5.78. The summed E-state index contributed by atoms with van der Waals surface area (Å²) < 4.78 is 0. The average molecular weight is 514 g/mol. The summed E-state index contributed by atoms with van der Waals surface area (Å²) in [4.78, 5) is 0. The normalized spacial score (nSPS) is 12.1. The molecule has 0 N–H and O–H groups in total. The zero-order chi connectivity index (χ0) is 21.9.